The van der Waals surface area contributed by atoms with Crippen molar-refractivity contribution in [1.29, 1.82) is 0 Å². The minimum absolute atomic E-state index is 0.0524. The van der Waals surface area contributed by atoms with E-state index < -0.39 is 0 Å². The van der Waals surface area contributed by atoms with Crippen LogP contribution in [0, 0.1) is 12.7 Å². The third kappa shape index (κ3) is 4.56. The lowest BCUT2D eigenvalue weighted by molar-refractivity contribution is -0.120. The van der Waals surface area contributed by atoms with Crippen LogP contribution >= 0.6 is 0 Å². The van der Waals surface area contributed by atoms with Crippen LogP contribution in [0.1, 0.15) is 35.1 Å². The summed E-state index contributed by atoms with van der Waals surface area (Å²) in [6.45, 7) is 2.27. The van der Waals surface area contributed by atoms with E-state index in [0.29, 0.717) is 18.7 Å². The molecular weight excluding hydrogens is 323 g/mol. The van der Waals surface area contributed by atoms with Gasteiger partial charge in [0.15, 0.2) is 0 Å². The summed E-state index contributed by atoms with van der Waals surface area (Å²) in [4.78, 5) is 12.0. The van der Waals surface area contributed by atoms with E-state index in [0.717, 1.165) is 17.0 Å². The predicted octanol–water partition coefficient (Wildman–Crippen LogP) is 3.60. The first-order chi connectivity index (χ1) is 12.1. The maximum Gasteiger partial charge on any atom is 0.227 e. The standard InChI is InChI=1S/C19H19FN2O3/c1-13-11-16(25-22-13)12-19(23)21-9-8-17(18-3-2-10-24-18)14-4-6-15(20)7-5-14/h2-7,10-11,17H,8-9,12H2,1H3,(H,21,23)/t17-/m0/s1. The molecule has 1 aromatic carbocycles. The second kappa shape index (κ2) is 7.79. The average molecular weight is 342 g/mol. The van der Waals surface area contributed by atoms with Crippen LogP contribution in [-0.4, -0.2) is 17.6 Å². The Hall–Kier alpha value is -2.89. The number of rotatable bonds is 7. The number of benzene rings is 1. The van der Waals surface area contributed by atoms with Gasteiger partial charge >= 0.3 is 0 Å². The minimum Gasteiger partial charge on any atom is -0.469 e. The summed E-state index contributed by atoms with van der Waals surface area (Å²) in [5.41, 5.74) is 1.69. The number of carbonyl (C=O) groups is 1. The van der Waals surface area contributed by atoms with Crippen molar-refractivity contribution in [2.45, 2.75) is 25.7 Å². The number of carbonyl (C=O) groups excluding carboxylic acids is 1. The lowest BCUT2D eigenvalue weighted by Crippen LogP contribution is -2.27. The Bertz CT molecular complexity index is 810. The predicted molar refractivity (Wildman–Crippen MR) is 89.5 cm³/mol. The van der Waals surface area contributed by atoms with Crippen molar-refractivity contribution in [2.75, 3.05) is 6.54 Å². The van der Waals surface area contributed by atoms with Crippen LogP contribution in [0.2, 0.25) is 0 Å². The molecule has 0 fully saturated rings. The molecule has 0 saturated carbocycles. The highest BCUT2D eigenvalue weighted by molar-refractivity contribution is 5.77. The van der Waals surface area contributed by atoms with E-state index in [9.17, 15) is 9.18 Å². The van der Waals surface area contributed by atoms with E-state index in [-0.39, 0.29) is 24.1 Å². The summed E-state index contributed by atoms with van der Waals surface area (Å²) < 4.78 is 23.7. The average Bonchev–Trinajstić information content (AvgIpc) is 3.25. The first-order valence-corrected chi connectivity index (χ1v) is 8.09. The molecule has 3 rings (SSSR count). The van der Waals surface area contributed by atoms with Gasteiger partial charge in [-0.3, -0.25) is 4.79 Å². The number of nitrogens with one attached hydrogen (secondary N) is 1. The van der Waals surface area contributed by atoms with E-state index in [2.05, 4.69) is 10.5 Å². The molecule has 0 spiro atoms. The van der Waals surface area contributed by atoms with Crippen LogP contribution in [0.25, 0.3) is 0 Å². The van der Waals surface area contributed by atoms with Crippen molar-refractivity contribution in [3.8, 4) is 0 Å². The lowest BCUT2D eigenvalue weighted by Gasteiger charge is -2.15. The zero-order valence-electron chi connectivity index (χ0n) is 13.9. The highest BCUT2D eigenvalue weighted by Gasteiger charge is 2.17. The van der Waals surface area contributed by atoms with Crippen LogP contribution in [0.15, 0.2) is 57.7 Å². The molecule has 25 heavy (non-hydrogen) atoms. The van der Waals surface area contributed by atoms with Crippen LogP contribution in [0.3, 0.4) is 0 Å². The van der Waals surface area contributed by atoms with Gasteiger partial charge < -0.3 is 14.3 Å². The number of aromatic nitrogens is 1. The van der Waals surface area contributed by atoms with E-state index in [1.165, 1.54) is 12.1 Å². The quantitative estimate of drug-likeness (QED) is 0.712. The molecule has 6 heteroatoms. The van der Waals surface area contributed by atoms with Gasteiger partial charge in [-0.1, -0.05) is 17.3 Å². The van der Waals surface area contributed by atoms with Crippen molar-refractivity contribution < 1.29 is 18.1 Å². The van der Waals surface area contributed by atoms with E-state index in [4.69, 9.17) is 8.94 Å². The third-order valence-corrected chi connectivity index (χ3v) is 3.93. The first kappa shape index (κ1) is 17.0. The Balaban J connectivity index is 1.59. The number of halogens is 1. The second-order valence-corrected chi connectivity index (χ2v) is 5.87. The molecule has 0 bridgehead atoms. The molecule has 0 aliphatic heterocycles. The number of hydrogen-bond acceptors (Lipinski definition) is 4. The van der Waals surface area contributed by atoms with E-state index >= 15 is 0 Å². The molecule has 0 aliphatic rings. The van der Waals surface area contributed by atoms with Crippen molar-refractivity contribution in [1.82, 2.24) is 10.5 Å². The Kier molecular flexibility index (Phi) is 5.28. The van der Waals surface area contributed by atoms with Gasteiger partial charge in [0.25, 0.3) is 0 Å². The van der Waals surface area contributed by atoms with Crippen LogP contribution in [0.4, 0.5) is 4.39 Å². The number of furan rings is 1. The Morgan fingerprint density at radius 1 is 1.28 bits per heavy atom. The summed E-state index contributed by atoms with van der Waals surface area (Å²) in [7, 11) is 0. The maximum atomic E-state index is 13.2. The van der Waals surface area contributed by atoms with Crippen LogP contribution in [0.5, 0.6) is 0 Å². The molecule has 1 amide bonds. The molecule has 5 nitrogen and oxygen atoms in total. The van der Waals surface area contributed by atoms with E-state index in [1.807, 2.05) is 19.1 Å². The Morgan fingerprint density at radius 3 is 2.72 bits per heavy atom. The monoisotopic (exact) mass is 342 g/mol. The van der Waals surface area contributed by atoms with Gasteiger partial charge in [0, 0.05) is 18.5 Å². The van der Waals surface area contributed by atoms with Gasteiger partial charge in [-0.05, 0) is 43.2 Å². The maximum absolute atomic E-state index is 13.2. The summed E-state index contributed by atoms with van der Waals surface area (Å²) in [5.74, 6) is 0.859. The second-order valence-electron chi connectivity index (χ2n) is 5.87. The number of hydrogen-bond donors (Lipinski definition) is 1. The van der Waals surface area contributed by atoms with Crippen molar-refractivity contribution in [3.63, 3.8) is 0 Å². The number of amides is 1. The molecule has 130 valence electrons. The van der Waals surface area contributed by atoms with E-state index in [1.54, 1.807) is 24.5 Å². The van der Waals surface area contributed by atoms with Crippen molar-refractivity contribution in [3.05, 3.63) is 77.3 Å². The lowest BCUT2D eigenvalue weighted by atomic mass is 9.93. The van der Waals surface area contributed by atoms with Gasteiger partial charge in [-0.25, -0.2) is 4.39 Å². The molecule has 0 aliphatic carbocycles. The fraction of sp³-hybridized carbons (Fsp3) is 0.263. The minimum atomic E-state index is -0.280. The zero-order valence-corrected chi connectivity index (χ0v) is 13.9. The molecule has 2 heterocycles. The van der Waals surface area contributed by atoms with Gasteiger partial charge in [-0.2, -0.15) is 0 Å². The normalized spacial score (nSPS) is 12.1. The zero-order chi connectivity index (χ0) is 17.6. The Labute approximate surface area is 144 Å². The SMILES string of the molecule is Cc1cc(CC(=O)NCC[C@@H](c2ccc(F)cc2)c2ccco2)on1. The summed E-state index contributed by atoms with van der Waals surface area (Å²) in [6, 6.07) is 11.8. The van der Waals surface area contributed by atoms with Crippen molar-refractivity contribution >= 4 is 5.91 Å². The summed E-state index contributed by atoms with van der Waals surface area (Å²) in [5, 5.41) is 6.63. The molecule has 2 aromatic heterocycles. The molecular formula is C19H19FN2O3. The topological polar surface area (TPSA) is 68.3 Å². The molecule has 0 radical (unpaired) electrons. The van der Waals surface area contributed by atoms with Gasteiger partial charge in [0.2, 0.25) is 5.91 Å². The first-order valence-electron chi connectivity index (χ1n) is 8.09. The molecule has 1 atom stereocenters. The van der Waals surface area contributed by atoms with Gasteiger partial charge in [0.1, 0.15) is 17.3 Å². The fourth-order valence-corrected chi connectivity index (χ4v) is 2.73. The van der Waals surface area contributed by atoms with Crippen molar-refractivity contribution in [2.24, 2.45) is 0 Å². The van der Waals surface area contributed by atoms with Gasteiger partial charge in [0.05, 0.1) is 18.4 Å². The smallest absolute Gasteiger partial charge is 0.227 e. The number of nitrogens with zero attached hydrogens (tertiary/aromatic N) is 1. The molecule has 0 saturated heterocycles. The largest absolute Gasteiger partial charge is 0.469 e. The van der Waals surface area contributed by atoms with Crippen LogP contribution < -0.4 is 5.32 Å². The molecule has 0 unspecified atom stereocenters. The summed E-state index contributed by atoms with van der Waals surface area (Å²) >= 11 is 0. The highest BCUT2D eigenvalue weighted by atomic mass is 19.1. The third-order valence-electron chi connectivity index (χ3n) is 3.93. The number of aryl methyl sites for hydroxylation is 1. The Morgan fingerprint density at radius 2 is 2.08 bits per heavy atom. The fourth-order valence-electron chi connectivity index (χ4n) is 2.73. The molecule has 1 N–H and O–H groups in total. The van der Waals surface area contributed by atoms with Crippen LogP contribution in [-0.2, 0) is 11.2 Å². The molecule has 3 aromatic rings. The highest BCUT2D eigenvalue weighted by Crippen LogP contribution is 2.28. The summed E-state index contributed by atoms with van der Waals surface area (Å²) in [6.07, 6.45) is 2.40. The van der Waals surface area contributed by atoms with Gasteiger partial charge in [-0.15, -0.1) is 0 Å².